The Morgan fingerprint density at radius 1 is 1.07 bits per heavy atom. The fourth-order valence-corrected chi connectivity index (χ4v) is 3.73. The molecule has 1 heterocycles. The maximum absolute atomic E-state index is 12.2. The molecular weight excluding hydrogens is 402 g/mol. The number of hydrogen-bond acceptors (Lipinski definition) is 7. The Morgan fingerprint density at radius 2 is 1.70 bits per heavy atom. The number of esters is 1. The number of hydrogen-bond donors (Lipinski definition) is 0. The van der Waals surface area contributed by atoms with Crippen LogP contribution < -0.4 is 9.47 Å². The van der Waals surface area contributed by atoms with Gasteiger partial charge in [0, 0.05) is 17.3 Å². The highest BCUT2D eigenvalue weighted by molar-refractivity contribution is 8.00. The van der Waals surface area contributed by atoms with Gasteiger partial charge in [-0.05, 0) is 45.0 Å². The lowest BCUT2D eigenvalue weighted by atomic mass is 10.1. The fourth-order valence-electron chi connectivity index (χ4n) is 2.86. The van der Waals surface area contributed by atoms with Gasteiger partial charge in [0.1, 0.15) is 16.7 Å². The van der Waals surface area contributed by atoms with Gasteiger partial charge < -0.3 is 14.2 Å². The third-order valence-electron chi connectivity index (χ3n) is 4.44. The Balaban J connectivity index is 2.11. The number of nitrogens with zero attached hydrogens (tertiary/aromatic N) is 3. The van der Waals surface area contributed by atoms with Gasteiger partial charge in [-0.1, -0.05) is 29.5 Å². The number of carbonyl (C=O) groups is 1. The highest BCUT2D eigenvalue weighted by atomic mass is 32.2. The van der Waals surface area contributed by atoms with Crippen LogP contribution in [0.5, 0.6) is 11.5 Å². The second kappa shape index (κ2) is 9.67. The van der Waals surface area contributed by atoms with Crippen LogP contribution in [-0.4, -0.2) is 46.8 Å². The van der Waals surface area contributed by atoms with Gasteiger partial charge in [0.2, 0.25) is 0 Å². The van der Waals surface area contributed by atoms with Crippen molar-refractivity contribution in [3.05, 3.63) is 48.0 Å². The van der Waals surface area contributed by atoms with E-state index < -0.39 is 5.25 Å². The summed E-state index contributed by atoms with van der Waals surface area (Å²) in [6, 6.07) is 13.6. The molecule has 0 aliphatic heterocycles. The predicted molar refractivity (Wildman–Crippen MR) is 117 cm³/mol. The summed E-state index contributed by atoms with van der Waals surface area (Å²) in [5, 5.41) is 8.96. The third kappa shape index (κ3) is 4.76. The van der Waals surface area contributed by atoms with E-state index in [9.17, 15) is 4.79 Å². The number of thioether (sulfide) groups is 1. The first-order valence-corrected chi connectivity index (χ1v) is 10.4. The molecule has 0 radical (unpaired) electrons. The first-order chi connectivity index (χ1) is 14.5. The minimum Gasteiger partial charge on any atom is -0.497 e. The molecule has 0 amide bonds. The van der Waals surface area contributed by atoms with Crippen LogP contribution in [0.1, 0.15) is 19.4 Å². The summed E-state index contributed by atoms with van der Waals surface area (Å²) in [6.45, 7) is 5.95. The molecule has 8 heteroatoms. The zero-order chi connectivity index (χ0) is 21.7. The molecular formula is C22H25N3O4S. The van der Waals surface area contributed by atoms with Crippen molar-refractivity contribution in [3.8, 4) is 28.6 Å². The smallest absolute Gasteiger partial charge is 0.319 e. The molecule has 0 aliphatic rings. The van der Waals surface area contributed by atoms with Crippen molar-refractivity contribution in [1.29, 1.82) is 0 Å². The van der Waals surface area contributed by atoms with E-state index in [-0.39, 0.29) is 5.97 Å². The Morgan fingerprint density at radius 3 is 2.27 bits per heavy atom. The average molecular weight is 428 g/mol. The molecule has 3 rings (SSSR count). The fraction of sp³-hybridized carbons (Fsp3) is 0.318. The largest absolute Gasteiger partial charge is 0.497 e. The maximum atomic E-state index is 12.2. The number of aryl methyl sites for hydroxylation is 1. The Hall–Kier alpha value is -3.00. The number of rotatable bonds is 8. The van der Waals surface area contributed by atoms with Gasteiger partial charge in [0.15, 0.2) is 11.0 Å². The highest BCUT2D eigenvalue weighted by Gasteiger charge is 2.23. The topological polar surface area (TPSA) is 75.5 Å². The molecule has 1 atom stereocenters. The molecule has 7 nitrogen and oxygen atoms in total. The molecule has 0 spiro atoms. The minimum absolute atomic E-state index is 0.287. The lowest BCUT2D eigenvalue weighted by molar-refractivity contribution is -0.142. The predicted octanol–water partition coefficient (Wildman–Crippen LogP) is 4.30. The van der Waals surface area contributed by atoms with Crippen LogP contribution in [0, 0.1) is 6.92 Å². The van der Waals surface area contributed by atoms with Crippen molar-refractivity contribution in [3.63, 3.8) is 0 Å². The summed E-state index contributed by atoms with van der Waals surface area (Å²) < 4.78 is 17.9. The third-order valence-corrected chi connectivity index (χ3v) is 5.46. The van der Waals surface area contributed by atoms with E-state index in [1.165, 1.54) is 11.8 Å². The van der Waals surface area contributed by atoms with Crippen molar-refractivity contribution in [2.45, 2.75) is 31.2 Å². The second-order valence-electron chi connectivity index (χ2n) is 6.59. The molecule has 0 bridgehead atoms. The van der Waals surface area contributed by atoms with Crippen LogP contribution in [0.3, 0.4) is 0 Å². The van der Waals surface area contributed by atoms with Crippen LogP contribution >= 0.6 is 11.8 Å². The van der Waals surface area contributed by atoms with E-state index in [0.717, 1.165) is 16.8 Å². The zero-order valence-electron chi connectivity index (χ0n) is 17.7. The molecule has 0 fully saturated rings. The van der Waals surface area contributed by atoms with E-state index in [0.29, 0.717) is 29.1 Å². The van der Waals surface area contributed by atoms with Gasteiger partial charge in [0.25, 0.3) is 0 Å². The first-order valence-electron chi connectivity index (χ1n) is 9.56. The molecule has 0 saturated carbocycles. The molecule has 1 aromatic heterocycles. The van der Waals surface area contributed by atoms with Crippen LogP contribution in [-0.2, 0) is 9.53 Å². The van der Waals surface area contributed by atoms with E-state index in [2.05, 4.69) is 10.2 Å². The number of aromatic nitrogens is 3. The molecule has 2 aromatic carbocycles. The van der Waals surface area contributed by atoms with Gasteiger partial charge in [-0.3, -0.25) is 9.36 Å². The van der Waals surface area contributed by atoms with Crippen molar-refractivity contribution >= 4 is 17.7 Å². The molecule has 158 valence electrons. The molecule has 30 heavy (non-hydrogen) atoms. The Kier molecular flexibility index (Phi) is 6.99. The number of benzene rings is 2. The van der Waals surface area contributed by atoms with Crippen LogP contribution in [0.4, 0.5) is 0 Å². The summed E-state index contributed by atoms with van der Waals surface area (Å²) in [7, 11) is 3.21. The molecule has 0 aliphatic carbocycles. The van der Waals surface area contributed by atoms with Gasteiger partial charge in [-0.25, -0.2) is 0 Å². The van der Waals surface area contributed by atoms with Crippen LogP contribution in [0.25, 0.3) is 17.1 Å². The second-order valence-corrected chi connectivity index (χ2v) is 7.90. The van der Waals surface area contributed by atoms with Crippen molar-refractivity contribution < 1.29 is 19.0 Å². The molecule has 0 unspecified atom stereocenters. The Labute approximate surface area is 180 Å². The van der Waals surface area contributed by atoms with E-state index >= 15 is 0 Å². The van der Waals surface area contributed by atoms with E-state index in [1.54, 1.807) is 34.1 Å². The summed E-state index contributed by atoms with van der Waals surface area (Å²) in [5.74, 6) is 1.63. The summed E-state index contributed by atoms with van der Waals surface area (Å²) in [6.07, 6.45) is 0. The highest BCUT2D eigenvalue weighted by Crippen LogP contribution is 2.34. The Bertz CT molecular complexity index is 995. The maximum Gasteiger partial charge on any atom is 0.319 e. The van der Waals surface area contributed by atoms with Gasteiger partial charge in [-0.2, -0.15) is 0 Å². The summed E-state index contributed by atoms with van der Waals surface area (Å²) in [4.78, 5) is 12.2. The first kappa shape index (κ1) is 21.7. The van der Waals surface area contributed by atoms with Gasteiger partial charge in [0.05, 0.1) is 20.8 Å². The van der Waals surface area contributed by atoms with Crippen LogP contribution in [0.2, 0.25) is 0 Å². The van der Waals surface area contributed by atoms with E-state index in [1.807, 2.05) is 47.9 Å². The summed E-state index contributed by atoms with van der Waals surface area (Å²) in [5.41, 5.74) is 2.82. The monoisotopic (exact) mass is 427 g/mol. The molecule has 0 saturated heterocycles. The minimum atomic E-state index is -0.425. The molecule has 0 N–H and O–H groups in total. The lowest BCUT2D eigenvalue weighted by Gasteiger charge is -2.14. The normalized spacial score (nSPS) is 11.8. The number of ether oxygens (including phenoxy) is 3. The summed E-state index contributed by atoms with van der Waals surface area (Å²) >= 11 is 1.31. The SMILES string of the molecule is CCOC(=O)[C@@H](C)Sc1nnc(-c2cc(OC)cc(OC)c2)n1-c1ccc(C)cc1. The molecule has 3 aromatic rings. The lowest BCUT2D eigenvalue weighted by Crippen LogP contribution is -2.17. The van der Waals surface area contributed by atoms with Gasteiger partial charge in [-0.15, -0.1) is 10.2 Å². The number of methoxy groups -OCH3 is 2. The van der Waals surface area contributed by atoms with Crippen molar-refractivity contribution in [1.82, 2.24) is 14.8 Å². The quantitative estimate of drug-likeness (QED) is 0.392. The number of carbonyl (C=O) groups excluding carboxylic acids is 1. The average Bonchev–Trinajstić information content (AvgIpc) is 3.17. The standard InChI is InChI=1S/C22H25N3O4S/c1-6-29-21(26)15(3)30-22-24-23-20(25(22)17-9-7-14(2)8-10-17)16-11-18(27-4)13-19(12-16)28-5/h7-13,15H,6H2,1-5H3/t15-/m1/s1. The van der Waals surface area contributed by atoms with Gasteiger partial charge >= 0.3 is 5.97 Å². The van der Waals surface area contributed by atoms with Crippen molar-refractivity contribution in [2.75, 3.05) is 20.8 Å². The van der Waals surface area contributed by atoms with E-state index in [4.69, 9.17) is 14.2 Å². The van der Waals surface area contributed by atoms with Crippen LogP contribution in [0.15, 0.2) is 47.6 Å². The zero-order valence-corrected chi connectivity index (χ0v) is 18.5. The van der Waals surface area contributed by atoms with Crippen molar-refractivity contribution in [2.24, 2.45) is 0 Å².